The van der Waals surface area contributed by atoms with Gasteiger partial charge in [-0.2, -0.15) is 0 Å². The molecule has 8 heteroatoms. The summed E-state index contributed by atoms with van der Waals surface area (Å²) >= 11 is 0. The molecule has 0 spiro atoms. The number of hydrogen-bond donors (Lipinski definition) is 3. The fourth-order valence-electron chi connectivity index (χ4n) is 4.60. The summed E-state index contributed by atoms with van der Waals surface area (Å²) in [6, 6.07) is 19.8. The van der Waals surface area contributed by atoms with Crippen LogP contribution in [0.3, 0.4) is 0 Å². The standard InChI is InChI=1S/C28H21N3O5/c32-16-30-27-19(12-24(34)35)9-10-21-26(27)25-22(13-29-14-23(25)33)31(21)15-17-5-4-8-20(11-17)28(36)18-6-2-1-3-7-18/h1-11,13-14,16,33H,12,15H2,(H,30,32)(H,34,35). The van der Waals surface area contributed by atoms with Gasteiger partial charge in [-0.3, -0.25) is 19.4 Å². The molecule has 0 aliphatic rings. The van der Waals surface area contributed by atoms with E-state index in [2.05, 4.69) is 10.3 Å². The highest BCUT2D eigenvalue weighted by molar-refractivity contribution is 6.18. The van der Waals surface area contributed by atoms with E-state index < -0.39 is 5.97 Å². The number of aromatic nitrogens is 2. The van der Waals surface area contributed by atoms with Crippen LogP contribution in [0.4, 0.5) is 5.69 Å². The van der Waals surface area contributed by atoms with E-state index in [-0.39, 0.29) is 18.0 Å². The van der Waals surface area contributed by atoms with Gasteiger partial charge < -0.3 is 20.1 Å². The van der Waals surface area contributed by atoms with E-state index in [0.717, 1.165) is 5.56 Å². The molecule has 0 radical (unpaired) electrons. The first-order valence-corrected chi connectivity index (χ1v) is 11.2. The van der Waals surface area contributed by atoms with Gasteiger partial charge in [-0.1, -0.05) is 54.6 Å². The van der Waals surface area contributed by atoms with Gasteiger partial charge in [0, 0.05) is 23.1 Å². The van der Waals surface area contributed by atoms with E-state index in [0.29, 0.717) is 57.1 Å². The Balaban J connectivity index is 1.67. The van der Waals surface area contributed by atoms with Gasteiger partial charge in [0.05, 0.1) is 40.9 Å². The monoisotopic (exact) mass is 479 g/mol. The molecule has 0 bridgehead atoms. The Labute approximate surface area is 205 Å². The van der Waals surface area contributed by atoms with Crippen LogP contribution < -0.4 is 5.32 Å². The third-order valence-corrected chi connectivity index (χ3v) is 6.12. The molecule has 5 aromatic rings. The van der Waals surface area contributed by atoms with Crippen LogP contribution in [0, 0.1) is 0 Å². The number of fused-ring (bicyclic) bond motifs is 3. The number of anilines is 1. The maximum absolute atomic E-state index is 13.0. The summed E-state index contributed by atoms with van der Waals surface area (Å²) < 4.78 is 1.92. The molecule has 0 atom stereocenters. The maximum atomic E-state index is 13.0. The summed E-state index contributed by atoms with van der Waals surface area (Å²) in [5.74, 6) is -1.22. The molecule has 1 amide bonds. The molecule has 0 unspecified atom stereocenters. The van der Waals surface area contributed by atoms with Gasteiger partial charge in [-0.15, -0.1) is 0 Å². The first-order valence-electron chi connectivity index (χ1n) is 11.2. The summed E-state index contributed by atoms with van der Waals surface area (Å²) in [6.07, 6.45) is 3.10. The topological polar surface area (TPSA) is 122 Å². The lowest BCUT2D eigenvalue weighted by molar-refractivity contribution is -0.136. The van der Waals surface area contributed by atoms with Crippen LogP contribution in [0.1, 0.15) is 27.0 Å². The number of ketones is 1. The van der Waals surface area contributed by atoms with Crippen molar-refractivity contribution in [2.24, 2.45) is 0 Å². The predicted molar refractivity (Wildman–Crippen MR) is 135 cm³/mol. The fourth-order valence-corrected chi connectivity index (χ4v) is 4.60. The highest BCUT2D eigenvalue weighted by Crippen LogP contribution is 2.40. The number of carboxylic acid groups (broad SMARTS) is 1. The summed E-state index contributed by atoms with van der Waals surface area (Å²) in [4.78, 5) is 39.9. The van der Waals surface area contributed by atoms with Crippen molar-refractivity contribution in [2.75, 3.05) is 5.32 Å². The molecule has 3 aromatic carbocycles. The molecule has 3 N–H and O–H groups in total. The van der Waals surface area contributed by atoms with E-state index in [4.69, 9.17) is 0 Å². The van der Waals surface area contributed by atoms with Gasteiger partial charge in [0.1, 0.15) is 5.75 Å². The second-order valence-corrected chi connectivity index (χ2v) is 8.36. The van der Waals surface area contributed by atoms with Crippen molar-refractivity contribution < 1.29 is 24.6 Å². The molecule has 5 rings (SSSR count). The maximum Gasteiger partial charge on any atom is 0.307 e. The molecule has 178 valence electrons. The molecule has 8 nitrogen and oxygen atoms in total. The van der Waals surface area contributed by atoms with Crippen LogP contribution in [0.25, 0.3) is 21.8 Å². The number of amides is 1. The lowest BCUT2D eigenvalue weighted by Crippen LogP contribution is -2.06. The van der Waals surface area contributed by atoms with Crippen molar-refractivity contribution in [1.82, 2.24) is 9.55 Å². The van der Waals surface area contributed by atoms with Crippen LogP contribution in [0.2, 0.25) is 0 Å². The van der Waals surface area contributed by atoms with Crippen LogP contribution in [-0.4, -0.2) is 37.9 Å². The molecule has 0 aliphatic carbocycles. The molecular formula is C28H21N3O5. The van der Waals surface area contributed by atoms with Crippen LogP contribution in [0.5, 0.6) is 5.75 Å². The molecule has 0 saturated carbocycles. The van der Waals surface area contributed by atoms with Gasteiger partial charge in [0.2, 0.25) is 6.41 Å². The van der Waals surface area contributed by atoms with Crippen molar-refractivity contribution in [1.29, 1.82) is 0 Å². The van der Waals surface area contributed by atoms with E-state index in [1.54, 1.807) is 36.5 Å². The predicted octanol–water partition coefficient (Wildman–Crippen LogP) is 4.37. The van der Waals surface area contributed by atoms with Crippen LogP contribution in [0.15, 0.2) is 79.1 Å². The number of nitrogens with zero attached hydrogens (tertiary/aromatic N) is 2. The third-order valence-electron chi connectivity index (χ3n) is 6.12. The second-order valence-electron chi connectivity index (χ2n) is 8.36. The molecule has 2 aromatic heterocycles. The van der Waals surface area contributed by atoms with Gasteiger partial charge in [-0.25, -0.2) is 0 Å². The Morgan fingerprint density at radius 2 is 1.69 bits per heavy atom. The summed E-state index contributed by atoms with van der Waals surface area (Å²) in [6.45, 7) is 0.347. The van der Waals surface area contributed by atoms with Crippen molar-refractivity contribution >= 4 is 45.7 Å². The van der Waals surface area contributed by atoms with Crippen LogP contribution in [-0.2, 0) is 22.6 Å². The Morgan fingerprint density at radius 1 is 0.917 bits per heavy atom. The first-order chi connectivity index (χ1) is 17.5. The number of rotatable bonds is 8. The van der Waals surface area contributed by atoms with Crippen molar-refractivity contribution in [3.8, 4) is 5.75 Å². The quantitative estimate of drug-likeness (QED) is 0.224. The summed E-state index contributed by atoms with van der Waals surface area (Å²) in [7, 11) is 0. The van der Waals surface area contributed by atoms with Crippen molar-refractivity contribution in [3.63, 3.8) is 0 Å². The van der Waals surface area contributed by atoms with Gasteiger partial charge in [-0.05, 0) is 23.3 Å². The zero-order valence-electron chi connectivity index (χ0n) is 19.0. The zero-order valence-corrected chi connectivity index (χ0v) is 19.0. The normalized spacial score (nSPS) is 11.0. The molecule has 0 fully saturated rings. The van der Waals surface area contributed by atoms with Gasteiger partial charge in [0.15, 0.2) is 5.78 Å². The lowest BCUT2D eigenvalue weighted by Gasteiger charge is -2.12. The van der Waals surface area contributed by atoms with Crippen molar-refractivity contribution in [2.45, 2.75) is 13.0 Å². The Hall–Kier alpha value is -4.98. The highest BCUT2D eigenvalue weighted by Gasteiger charge is 2.21. The zero-order chi connectivity index (χ0) is 25.2. The number of nitrogens with one attached hydrogen (secondary N) is 1. The highest BCUT2D eigenvalue weighted by atomic mass is 16.4. The first kappa shape index (κ1) is 22.8. The van der Waals surface area contributed by atoms with E-state index in [1.807, 2.05) is 41.0 Å². The SMILES string of the molecule is O=CNc1c(CC(=O)O)ccc2c1c1c(O)cncc1n2Cc1cccc(C(=O)c2ccccc2)c1. The number of carbonyl (C=O) groups excluding carboxylic acids is 2. The third kappa shape index (κ3) is 4.05. The Bertz CT molecular complexity index is 1640. The van der Waals surface area contributed by atoms with E-state index >= 15 is 0 Å². The number of aromatic hydroxyl groups is 1. The summed E-state index contributed by atoms with van der Waals surface area (Å²) in [5.41, 5.74) is 4.00. The smallest absolute Gasteiger partial charge is 0.307 e. The van der Waals surface area contributed by atoms with Crippen LogP contribution >= 0.6 is 0 Å². The summed E-state index contributed by atoms with van der Waals surface area (Å²) in [5, 5.41) is 23.7. The number of benzene rings is 3. The van der Waals surface area contributed by atoms with Crippen molar-refractivity contribution in [3.05, 3.63) is 101 Å². The number of aliphatic carboxylic acids is 1. The lowest BCUT2D eigenvalue weighted by atomic mass is 10.0. The van der Waals surface area contributed by atoms with Gasteiger partial charge >= 0.3 is 5.97 Å². The fraction of sp³-hybridized carbons (Fsp3) is 0.0714. The number of hydrogen-bond acceptors (Lipinski definition) is 5. The van der Waals surface area contributed by atoms with Gasteiger partial charge in [0.25, 0.3) is 0 Å². The second kappa shape index (κ2) is 9.34. The van der Waals surface area contributed by atoms with E-state index in [1.165, 1.54) is 6.20 Å². The molecule has 2 heterocycles. The largest absolute Gasteiger partial charge is 0.506 e. The minimum atomic E-state index is -1.04. The average Bonchev–Trinajstić information content (AvgIpc) is 3.20. The molecule has 0 aliphatic heterocycles. The Kier molecular flexibility index (Phi) is 5.92. The number of pyridine rings is 1. The minimum Gasteiger partial charge on any atom is -0.506 e. The molecule has 36 heavy (non-hydrogen) atoms. The Morgan fingerprint density at radius 3 is 2.44 bits per heavy atom. The van der Waals surface area contributed by atoms with E-state index in [9.17, 15) is 24.6 Å². The molecule has 0 saturated heterocycles. The number of carboxylic acids is 1. The number of carbonyl (C=O) groups is 3. The average molecular weight is 479 g/mol. The molecular weight excluding hydrogens is 458 g/mol. The minimum absolute atomic E-state index is 0.0882.